The van der Waals surface area contributed by atoms with E-state index in [4.69, 9.17) is 4.74 Å². The third kappa shape index (κ3) is 2.17. The van der Waals surface area contributed by atoms with Gasteiger partial charge in [-0.15, -0.1) is 0 Å². The summed E-state index contributed by atoms with van der Waals surface area (Å²) in [6, 6.07) is 12.2. The number of hydrogen-bond acceptors (Lipinski definition) is 4. The average Bonchev–Trinajstić information content (AvgIpc) is 3.14. The van der Waals surface area contributed by atoms with Gasteiger partial charge in [0.05, 0.1) is 25.4 Å². The highest BCUT2D eigenvalue weighted by Gasteiger charge is 2.47. The minimum atomic E-state index is -0.295. The predicted octanol–water partition coefficient (Wildman–Crippen LogP) is 0.705. The maximum atomic E-state index is 10.00. The highest BCUT2D eigenvalue weighted by atomic mass is 16.5. The van der Waals surface area contributed by atoms with Crippen LogP contribution < -0.4 is 0 Å². The Hall–Kier alpha value is -0.940. The summed E-state index contributed by atoms with van der Waals surface area (Å²) in [5, 5.41) is 10.00. The molecule has 0 aromatic heterocycles. The van der Waals surface area contributed by atoms with Gasteiger partial charge in [-0.25, -0.2) is 0 Å². The van der Waals surface area contributed by atoms with Crippen molar-refractivity contribution >= 4 is 0 Å². The van der Waals surface area contributed by atoms with E-state index in [1.807, 2.05) is 0 Å². The Labute approximate surface area is 119 Å². The number of likely N-dealkylation sites (tertiary alicyclic amines) is 2. The lowest BCUT2D eigenvalue weighted by molar-refractivity contribution is 0.0385. The highest BCUT2D eigenvalue weighted by molar-refractivity contribution is 5.16. The molecule has 1 aromatic rings. The van der Waals surface area contributed by atoms with Crippen molar-refractivity contribution in [3.63, 3.8) is 0 Å². The molecule has 3 saturated heterocycles. The van der Waals surface area contributed by atoms with Crippen molar-refractivity contribution in [2.24, 2.45) is 0 Å². The van der Waals surface area contributed by atoms with E-state index in [1.165, 1.54) is 12.0 Å². The van der Waals surface area contributed by atoms with E-state index < -0.39 is 0 Å². The number of piperazine rings is 1. The minimum absolute atomic E-state index is 0.226. The molecule has 4 heteroatoms. The number of aliphatic hydroxyl groups is 1. The molecule has 108 valence electrons. The molecule has 20 heavy (non-hydrogen) atoms. The molecule has 1 aromatic carbocycles. The zero-order valence-electron chi connectivity index (χ0n) is 11.7. The molecular weight excluding hydrogens is 252 g/mol. The summed E-state index contributed by atoms with van der Waals surface area (Å²) in [4.78, 5) is 5.09. The van der Waals surface area contributed by atoms with Crippen molar-refractivity contribution in [2.75, 3.05) is 26.3 Å². The van der Waals surface area contributed by atoms with Gasteiger partial charge >= 0.3 is 0 Å². The van der Waals surface area contributed by atoms with Crippen molar-refractivity contribution in [3.8, 4) is 0 Å². The van der Waals surface area contributed by atoms with E-state index in [-0.39, 0.29) is 12.1 Å². The molecule has 4 atom stereocenters. The molecule has 3 aliphatic rings. The average molecular weight is 274 g/mol. The molecule has 3 aliphatic heterocycles. The molecule has 0 amide bonds. The Kier molecular flexibility index (Phi) is 3.27. The van der Waals surface area contributed by atoms with Crippen LogP contribution in [0.4, 0.5) is 0 Å². The van der Waals surface area contributed by atoms with Crippen molar-refractivity contribution < 1.29 is 9.84 Å². The molecule has 0 aliphatic carbocycles. The Morgan fingerprint density at radius 1 is 1.10 bits per heavy atom. The fourth-order valence-corrected chi connectivity index (χ4v) is 4.05. The van der Waals surface area contributed by atoms with Gasteiger partial charge in [0.25, 0.3) is 0 Å². The van der Waals surface area contributed by atoms with Crippen molar-refractivity contribution in [1.29, 1.82) is 0 Å². The van der Waals surface area contributed by atoms with Crippen LogP contribution in [-0.4, -0.2) is 65.4 Å². The van der Waals surface area contributed by atoms with Crippen LogP contribution in [-0.2, 0) is 11.3 Å². The van der Waals surface area contributed by atoms with E-state index in [0.717, 1.165) is 19.6 Å². The smallest absolute Gasteiger partial charge is 0.0950 e. The summed E-state index contributed by atoms with van der Waals surface area (Å²) in [7, 11) is 0. The minimum Gasteiger partial charge on any atom is -0.389 e. The zero-order valence-corrected chi connectivity index (χ0v) is 11.7. The number of rotatable bonds is 3. The van der Waals surface area contributed by atoms with Gasteiger partial charge in [-0.3, -0.25) is 9.80 Å². The van der Waals surface area contributed by atoms with E-state index in [0.29, 0.717) is 25.3 Å². The summed E-state index contributed by atoms with van der Waals surface area (Å²) in [5.41, 5.74) is 1.40. The van der Waals surface area contributed by atoms with Crippen LogP contribution >= 0.6 is 0 Å². The van der Waals surface area contributed by atoms with Crippen LogP contribution in [0.15, 0.2) is 30.3 Å². The lowest BCUT2D eigenvalue weighted by atomic mass is 10.1. The fourth-order valence-electron chi connectivity index (χ4n) is 4.05. The Morgan fingerprint density at radius 2 is 1.95 bits per heavy atom. The fraction of sp³-hybridized carbons (Fsp3) is 0.625. The number of benzene rings is 1. The topological polar surface area (TPSA) is 35.9 Å². The van der Waals surface area contributed by atoms with Crippen molar-refractivity contribution in [3.05, 3.63) is 35.9 Å². The summed E-state index contributed by atoms with van der Waals surface area (Å²) >= 11 is 0. The molecule has 3 fully saturated rings. The first-order valence-corrected chi connectivity index (χ1v) is 7.61. The normalized spacial score (nSPS) is 37.9. The molecular formula is C16H22N2O2. The third-order valence-corrected chi connectivity index (χ3v) is 5.07. The van der Waals surface area contributed by atoms with Crippen molar-refractivity contribution in [2.45, 2.75) is 37.2 Å². The van der Waals surface area contributed by atoms with E-state index >= 15 is 0 Å². The summed E-state index contributed by atoms with van der Waals surface area (Å²) in [6.45, 7) is 4.47. The van der Waals surface area contributed by atoms with E-state index in [1.54, 1.807) is 0 Å². The lowest BCUT2D eigenvalue weighted by Crippen LogP contribution is -2.53. The summed E-state index contributed by atoms with van der Waals surface area (Å²) < 4.78 is 5.41. The first-order chi connectivity index (χ1) is 9.81. The molecule has 4 nitrogen and oxygen atoms in total. The van der Waals surface area contributed by atoms with Gasteiger partial charge in [0.15, 0.2) is 0 Å². The maximum absolute atomic E-state index is 10.00. The molecule has 2 bridgehead atoms. The van der Waals surface area contributed by atoms with Crippen molar-refractivity contribution in [1.82, 2.24) is 9.80 Å². The molecule has 3 heterocycles. The predicted molar refractivity (Wildman–Crippen MR) is 76.4 cm³/mol. The molecule has 4 rings (SSSR count). The van der Waals surface area contributed by atoms with Crippen LogP contribution in [0, 0.1) is 0 Å². The summed E-state index contributed by atoms with van der Waals surface area (Å²) in [5.74, 6) is 0. The van der Waals surface area contributed by atoms with Gasteiger partial charge in [0, 0.05) is 31.7 Å². The van der Waals surface area contributed by atoms with Crippen LogP contribution in [0.1, 0.15) is 12.0 Å². The third-order valence-electron chi connectivity index (χ3n) is 5.07. The highest BCUT2D eigenvalue weighted by Crippen LogP contribution is 2.34. The number of ether oxygens (including phenoxy) is 1. The second kappa shape index (κ2) is 5.11. The second-order valence-electron chi connectivity index (χ2n) is 6.33. The number of aliphatic hydroxyl groups excluding tert-OH is 1. The van der Waals surface area contributed by atoms with Gasteiger partial charge in [0.1, 0.15) is 0 Å². The number of fused-ring (bicyclic) bond motifs is 2. The maximum Gasteiger partial charge on any atom is 0.0950 e. The van der Waals surface area contributed by atoms with E-state index in [9.17, 15) is 5.11 Å². The first-order valence-electron chi connectivity index (χ1n) is 7.61. The SMILES string of the molecule is O[C@@H]1COC[C@H]1N1CC2CC1CN2Cc1ccccc1. The van der Waals surface area contributed by atoms with E-state index in [2.05, 4.69) is 40.1 Å². The van der Waals surface area contributed by atoms with Crippen LogP contribution in [0.25, 0.3) is 0 Å². The molecule has 1 N–H and O–H groups in total. The first kappa shape index (κ1) is 12.8. The Morgan fingerprint density at radius 3 is 2.60 bits per heavy atom. The molecule has 0 spiro atoms. The largest absolute Gasteiger partial charge is 0.389 e. The van der Waals surface area contributed by atoms with Gasteiger partial charge in [-0.1, -0.05) is 30.3 Å². The van der Waals surface area contributed by atoms with Crippen LogP contribution in [0.2, 0.25) is 0 Å². The standard InChI is InChI=1S/C16H22N2O2/c19-16-11-20-10-15(16)18-9-13-6-14(18)8-17(13)7-12-4-2-1-3-5-12/h1-5,13-16,19H,6-11H2/t13?,14?,15-,16-/m1/s1. The number of nitrogens with zero attached hydrogens (tertiary/aromatic N) is 2. The lowest BCUT2D eigenvalue weighted by Gasteiger charge is -2.38. The van der Waals surface area contributed by atoms with Gasteiger partial charge < -0.3 is 9.84 Å². The zero-order chi connectivity index (χ0) is 13.5. The molecule has 2 unspecified atom stereocenters. The van der Waals surface area contributed by atoms with Gasteiger partial charge in [0.2, 0.25) is 0 Å². The Balaban J connectivity index is 1.40. The van der Waals surface area contributed by atoms with Gasteiger partial charge in [-0.2, -0.15) is 0 Å². The van der Waals surface area contributed by atoms with Crippen LogP contribution in [0.5, 0.6) is 0 Å². The number of hydrogen-bond donors (Lipinski definition) is 1. The monoisotopic (exact) mass is 274 g/mol. The summed E-state index contributed by atoms with van der Waals surface area (Å²) in [6.07, 6.45) is 0.952. The quantitative estimate of drug-likeness (QED) is 0.880. The van der Waals surface area contributed by atoms with Crippen LogP contribution in [0.3, 0.4) is 0 Å². The molecule has 0 saturated carbocycles. The Bertz CT molecular complexity index is 467. The molecule has 0 radical (unpaired) electrons. The second-order valence-corrected chi connectivity index (χ2v) is 6.33. The van der Waals surface area contributed by atoms with Gasteiger partial charge in [-0.05, 0) is 12.0 Å².